The summed E-state index contributed by atoms with van der Waals surface area (Å²) in [7, 11) is 4.26. The van der Waals surface area contributed by atoms with Gasteiger partial charge in [-0.25, -0.2) is 0 Å². The smallest absolute Gasteiger partial charge is 0.193 e. The second kappa shape index (κ2) is 8.91. The van der Waals surface area contributed by atoms with Crippen molar-refractivity contribution in [1.29, 1.82) is 0 Å². The number of aliphatic imine (C=N–C) groups is 1. The first-order chi connectivity index (χ1) is 13.6. The predicted octanol–water partition coefficient (Wildman–Crippen LogP) is 3.17. The summed E-state index contributed by atoms with van der Waals surface area (Å²) in [6, 6.07) is 0. The summed E-state index contributed by atoms with van der Waals surface area (Å²) in [6.45, 7) is 8.52. The van der Waals surface area contributed by atoms with Crippen LogP contribution in [0.15, 0.2) is 4.99 Å². The molecule has 0 amide bonds. The van der Waals surface area contributed by atoms with Gasteiger partial charge in [-0.2, -0.15) is 0 Å². The van der Waals surface area contributed by atoms with Crippen molar-refractivity contribution in [3.05, 3.63) is 0 Å². The quantitative estimate of drug-likeness (QED) is 0.594. The number of guanidine groups is 1. The highest BCUT2D eigenvalue weighted by Crippen LogP contribution is 2.43. The molecular formula is C23H43N5. The molecule has 0 bridgehead atoms. The molecule has 4 rings (SSSR count). The van der Waals surface area contributed by atoms with Gasteiger partial charge < -0.3 is 15.1 Å². The van der Waals surface area contributed by atoms with E-state index in [9.17, 15) is 0 Å². The Balaban J connectivity index is 1.39. The van der Waals surface area contributed by atoms with Crippen LogP contribution < -0.4 is 5.32 Å². The summed E-state index contributed by atoms with van der Waals surface area (Å²) in [5, 5.41) is 3.87. The molecule has 0 unspecified atom stereocenters. The van der Waals surface area contributed by atoms with Gasteiger partial charge in [0.25, 0.3) is 0 Å². The van der Waals surface area contributed by atoms with E-state index in [2.05, 4.69) is 27.1 Å². The summed E-state index contributed by atoms with van der Waals surface area (Å²) in [5.74, 6) is 1.16. The first kappa shape index (κ1) is 20.5. The number of hydrogen-bond acceptors (Lipinski definition) is 3. The van der Waals surface area contributed by atoms with Crippen LogP contribution >= 0.6 is 0 Å². The summed E-state index contributed by atoms with van der Waals surface area (Å²) >= 11 is 0. The lowest BCUT2D eigenvalue weighted by Gasteiger charge is -2.50. The maximum atomic E-state index is 4.73. The molecule has 0 aromatic rings. The fourth-order valence-electron chi connectivity index (χ4n) is 6.41. The number of piperidine rings is 2. The van der Waals surface area contributed by atoms with E-state index in [4.69, 9.17) is 4.99 Å². The van der Waals surface area contributed by atoms with Crippen molar-refractivity contribution in [2.75, 3.05) is 59.9 Å². The number of nitrogens with zero attached hydrogens (tertiary/aromatic N) is 4. The van der Waals surface area contributed by atoms with Gasteiger partial charge in [-0.05, 0) is 83.6 Å². The Bertz CT molecular complexity index is 525. The summed E-state index contributed by atoms with van der Waals surface area (Å²) in [4.78, 5) is 12.6. The van der Waals surface area contributed by atoms with Gasteiger partial charge in [-0.15, -0.1) is 0 Å². The molecule has 160 valence electrons. The lowest BCUT2D eigenvalue weighted by Crippen LogP contribution is -2.62. The topological polar surface area (TPSA) is 34.1 Å². The Labute approximate surface area is 172 Å². The molecular weight excluding hydrogens is 346 g/mol. The highest BCUT2D eigenvalue weighted by Gasteiger charge is 2.42. The largest absolute Gasteiger partial charge is 0.354 e. The molecule has 0 atom stereocenters. The standard InChI is InChI=1S/C23H43N5/c1-24-21(27-18-11-22(20-27)9-5-3-6-10-22)25-19-23(12-16-26(2)17-13-23)28-14-7-4-8-15-28/h3-20H2,1-2H3,(H,24,25). The van der Waals surface area contributed by atoms with Crippen LogP contribution in [0, 0.1) is 5.41 Å². The molecule has 3 aliphatic heterocycles. The molecule has 3 heterocycles. The lowest BCUT2D eigenvalue weighted by atomic mass is 9.73. The first-order valence-corrected chi connectivity index (χ1v) is 12.0. The monoisotopic (exact) mass is 389 g/mol. The van der Waals surface area contributed by atoms with Gasteiger partial charge in [0.05, 0.1) is 0 Å². The highest BCUT2D eigenvalue weighted by molar-refractivity contribution is 5.80. The van der Waals surface area contributed by atoms with Gasteiger partial charge in [0.1, 0.15) is 0 Å². The minimum absolute atomic E-state index is 0.325. The van der Waals surface area contributed by atoms with Gasteiger partial charge in [-0.1, -0.05) is 25.7 Å². The van der Waals surface area contributed by atoms with E-state index in [0.29, 0.717) is 11.0 Å². The third-order valence-electron chi connectivity index (χ3n) is 8.38. The minimum Gasteiger partial charge on any atom is -0.354 e. The van der Waals surface area contributed by atoms with Crippen LogP contribution in [0.25, 0.3) is 0 Å². The predicted molar refractivity (Wildman–Crippen MR) is 118 cm³/mol. The van der Waals surface area contributed by atoms with E-state index in [1.165, 1.54) is 110 Å². The van der Waals surface area contributed by atoms with Crippen molar-refractivity contribution < 1.29 is 0 Å². The summed E-state index contributed by atoms with van der Waals surface area (Å²) < 4.78 is 0. The third kappa shape index (κ3) is 4.35. The maximum Gasteiger partial charge on any atom is 0.193 e. The second-order valence-corrected chi connectivity index (χ2v) is 10.2. The zero-order valence-electron chi connectivity index (χ0n) is 18.5. The van der Waals surface area contributed by atoms with Crippen molar-refractivity contribution in [2.45, 2.75) is 76.2 Å². The average Bonchev–Trinajstić information content (AvgIpc) is 3.14. The Morgan fingerprint density at radius 2 is 1.50 bits per heavy atom. The zero-order chi connectivity index (χ0) is 19.5. The Kier molecular flexibility index (Phi) is 6.51. The highest BCUT2D eigenvalue weighted by atomic mass is 15.3. The minimum atomic E-state index is 0.325. The molecule has 1 aliphatic carbocycles. The van der Waals surface area contributed by atoms with Crippen molar-refractivity contribution >= 4 is 5.96 Å². The van der Waals surface area contributed by atoms with Gasteiger partial charge in [0.15, 0.2) is 5.96 Å². The molecule has 4 aliphatic rings. The molecule has 0 aromatic carbocycles. The van der Waals surface area contributed by atoms with Crippen LogP contribution in [0.1, 0.15) is 70.6 Å². The van der Waals surface area contributed by atoms with Gasteiger partial charge in [-0.3, -0.25) is 9.89 Å². The normalized spacial score (nSPS) is 29.4. The molecule has 1 spiro atoms. The van der Waals surface area contributed by atoms with E-state index in [1.54, 1.807) is 0 Å². The van der Waals surface area contributed by atoms with Crippen molar-refractivity contribution in [1.82, 2.24) is 20.0 Å². The Morgan fingerprint density at radius 3 is 2.18 bits per heavy atom. The number of likely N-dealkylation sites (tertiary alicyclic amines) is 3. The van der Waals surface area contributed by atoms with Gasteiger partial charge in [0, 0.05) is 32.2 Å². The number of rotatable bonds is 3. The molecule has 0 radical (unpaired) electrons. The molecule has 0 aromatic heterocycles. The van der Waals surface area contributed by atoms with Crippen LogP contribution in [-0.2, 0) is 0 Å². The molecule has 28 heavy (non-hydrogen) atoms. The van der Waals surface area contributed by atoms with Crippen molar-refractivity contribution in [3.63, 3.8) is 0 Å². The average molecular weight is 390 g/mol. The first-order valence-electron chi connectivity index (χ1n) is 12.0. The summed E-state index contributed by atoms with van der Waals surface area (Å²) in [5.41, 5.74) is 0.916. The summed E-state index contributed by atoms with van der Waals surface area (Å²) in [6.07, 6.45) is 15.3. The van der Waals surface area contributed by atoms with Crippen LogP contribution in [-0.4, -0.2) is 86.1 Å². The molecule has 1 N–H and O–H groups in total. The van der Waals surface area contributed by atoms with Crippen molar-refractivity contribution in [2.24, 2.45) is 10.4 Å². The third-order valence-corrected chi connectivity index (χ3v) is 8.38. The second-order valence-electron chi connectivity index (χ2n) is 10.2. The number of hydrogen-bond donors (Lipinski definition) is 1. The molecule has 3 saturated heterocycles. The van der Waals surface area contributed by atoms with E-state index < -0.39 is 0 Å². The van der Waals surface area contributed by atoms with Crippen LogP contribution in [0.4, 0.5) is 0 Å². The van der Waals surface area contributed by atoms with Gasteiger partial charge in [0.2, 0.25) is 0 Å². The van der Waals surface area contributed by atoms with E-state index in [0.717, 1.165) is 12.5 Å². The molecule has 5 heteroatoms. The Morgan fingerprint density at radius 1 is 0.821 bits per heavy atom. The van der Waals surface area contributed by atoms with E-state index in [-0.39, 0.29) is 0 Å². The maximum absolute atomic E-state index is 4.73. The van der Waals surface area contributed by atoms with Crippen LogP contribution in [0.2, 0.25) is 0 Å². The SMILES string of the molecule is CN=C(NCC1(N2CCCCC2)CCN(C)CC1)N1CCC2(CCCCC2)C1. The van der Waals surface area contributed by atoms with E-state index >= 15 is 0 Å². The molecule has 5 nitrogen and oxygen atoms in total. The fourth-order valence-corrected chi connectivity index (χ4v) is 6.41. The van der Waals surface area contributed by atoms with Crippen LogP contribution in [0.3, 0.4) is 0 Å². The van der Waals surface area contributed by atoms with E-state index in [1.807, 2.05) is 7.05 Å². The van der Waals surface area contributed by atoms with Crippen molar-refractivity contribution in [3.8, 4) is 0 Å². The number of nitrogens with one attached hydrogen (secondary N) is 1. The molecule has 4 fully saturated rings. The lowest BCUT2D eigenvalue weighted by molar-refractivity contribution is 0.0169. The van der Waals surface area contributed by atoms with Gasteiger partial charge >= 0.3 is 0 Å². The Hall–Kier alpha value is -0.810. The van der Waals surface area contributed by atoms with Crippen LogP contribution in [0.5, 0.6) is 0 Å². The molecule has 1 saturated carbocycles. The fraction of sp³-hybridized carbons (Fsp3) is 0.957. The zero-order valence-corrected chi connectivity index (χ0v) is 18.5.